The summed E-state index contributed by atoms with van der Waals surface area (Å²) < 4.78 is 5.77. The average molecular weight is 260 g/mol. The summed E-state index contributed by atoms with van der Waals surface area (Å²) >= 11 is 6.07. The number of nitrogen functional groups attached to an aromatic ring is 1. The fourth-order valence-electron chi connectivity index (χ4n) is 2.37. The van der Waals surface area contributed by atoms with Gasteiger partial charge in [-0.2, -0.15) is 0 Å². The van der Waals surface area contributed by atoms with Crippen LogP contribution in [0.25, 0.3) is 0 Å². The molecule has 3 heteroatoms. The van der Waals surface area contributed by atoms with E-state index >= 15 is 0 Å². The molecule has 0 spiro atoms. The maximum absolute atomic E-state index is 6.07. The van der Waals surface area contributed by atoms with Gasteiger partial charge in [0.1, 0.15) is 0 Å². The molecule has 0 heterocycles. The lowest BCUT2D eigenvalue weighted by molar-refractivity contribution is 0.277. The molecular formula is C15H14ClNO. The van der Waals surface area contributed by atoms with Crippen molar-refractivity contribution in [2.75, 3.05) is 12.3 Å². The van der Waals surface area contributed by atoms with E-state index in [1.54, 1.807) is 12.1 Å². The minimum absolute atomic E-state index is 0.455. The van der Waals surface area contributed by atoms with Crippen molar-refractivity contribution in [3.05, 3.63) is 58.6 Å². The summed E-state index contributed by atoms with van der Waals surface area (Å²) in [6.45, 7) is 0.630. The highest BCUT2D eigenvalue weighted by Crippen LogP contribution is 2.37. The van der Waals surface area contributed by atoms with Crippen LogP contribution in [0.15, 0.2) is 42.5 Å². The highest BCUT2D eigenvalue weighted by Gasteiger charge is 2.26. The van der Waals surface area contributed by atoms with Crippen LogP contribution in [0.2, 0.25) is 5.02 Å². The van der Waals surface area contributed by atoms with Crippen molar-refractivity contribution >= 4 is 17.3 Å². The Labute approximate surface area is 111 Å². The third-order valence-electron chi connectivity index (χ3n) is 3.39. The van der Waals surface area contributed by atoms with Crippen LogP contribution in [-0.4, -0.2) is 6.61 Å². The van der Waals surface area contributed by atoms with E-state index in [0.29, 0.717) is 29.0 Å². The molecular weight excluding hydrogens is 246 g/mol. The number of nitrogens with two attached hydrogens (primary N) is 1. The van der Waals surface area contributed by atoms with Crippen LogP contribution >= 0.6 is 11.6 Å². The normalized spacial score (nSPS) is 16.8. The van der Waals surface area contributed by atoms with Gasteiger partial charge in [-0.05, 0) is 29.7 Å². The summed E-state index contributed by atoms with van der Waals surface area (Å²) in [7, 11) is 0. The first-order valence-corrected chi connectivity index (χ1v) is 6.38. The Morgan fingerprint density at radius 3 is 2.78 bits per heavy atom. The molecule has 1 aliphatic carbocycles. The number of rotatable bonds is 3. The number of ether oxygens (including phenoxy) is 1. The SMILES string of the molecule is Nc1cccc(Cl)c1OCC1Cc2ccccc21. The Bertz CT molecular complexity index is 562. The summed E-state index contributed by atoms with van der Waals surface area (Å²) in [5, 5.41) is 0.572. The molecule has 92 valence electrons. The zero-order valence-corrected chi connectivity index (χ0v) is 10.7. The number of para-hydroxylation sites is 1. The van der Waals surface area contributed by atoms with Gasteiger partial charge in [-0.15, -0.1) is 0 Å². The molecule has 3 rings (SSSR count). The van der Waals surface area contributed by atoms with Crippen LogP contribution in [0.1, 0.15) is 17.0 Å². The van der Waals surface area contributed by atoms with Gasteiger partial charge in [-0.25, -0.2) is 0 Å². The quantitative estimate of drug-likeness (QED) is 0.854. The van der Waals surface area contributed by atoms with Crippen molar-refractivity contribution in [1.82, 2.24) is 0 Å². The van der Waals surface area contributed by atoms with E-state index in [-0.39, 0.29) is 0 Å². The average Bonchev–Trinajstić information content (AvgIpc) is 2.33. The minimum atomic E-state index is 0.455. The van der Waals surface area contributed by atoms with Gasteiger partial charge in [0.25, 0.3) is 0 Å². The topological polar surface area (TPSA) is 35.2 Å². The summed E-state index contributed by atoms with van der Waals surface area (Å²) in [5.41, 5.74) is 9.24. The zero-order chi connectivity index (χ0) is 12.5. The van der Waals surface area contributed by atoms with Crippen molar-refractivity contribution in [1.29, 1.82) is 0 Å². The van der Waals surface area contributed by atoms with E-state index in [1.165, 1.54) is 11.1 Å². The predicted octanol–water partition coefficient (Wildman–Crippen LogP) is 3.64. The molecule has 18 heavy (non-hydrogen) atoms. The first kappa shape index (κ1) is 11.4. The van der Waals surface area contributed by atoms with Crippen LogP contribution in [0.3, 0.4) is 0 Å². The highest BCUT2D eigenvalue weighted by molar-refractivity contribution is 6.32. The van der Waals surface area contributed by atoms with E-state index in [4.69, 9.17) is 22.1 Å². The monoisotopic (exact) mass is 259 g/mol. The number of benzene rings is 2. The van der Waals surface area contributed by atoms with Gasteiger partial charge in [-0.3, -0.25) is 0 Å². The molecule has 1 aliphatic rings. The molecule has 0 aliphatic heterocycles. The van der Waals surface area contributed by atoms with Crippen molar-refractivity contribution in [3.8, 4) is 5.75 Å². The van der Waals surface area contributed by atoms with Gasteiger partial charge in [0.2, 0.25) is 0 Å². The van der Waals surface area contributed by atoms with Gasteiger partial charge < -0.3 is 10.5 Å². The van der Waals surface area contributed by atoms with Crippen molar-refractivity contribution in [2.45, 2.75) is 12.3 Å². The van der Waals surface area contributed by atoms with E-state index in [1.807, 2.05) is 6.07 Å². The molecule has 0 aromatic heterocycles. The number of hydrogen-bond donors (Lipinski definition) is 1. The van der Waals surface area contributed by atoms with E-state index in [9.17, 15) is 0 Å². The second-order valence-electron chi connectivity index (χ2n) is 4.57. The predicted molar refractivity (Wildman–Crippen MR) is 74.2 cm³/mol. The first-order valence-electron chi connectivity index (χ1n) is 6.00. The second kappa shape index (κ2) is 4.54. The maximum Gasteiger partial charge on any atom is 0.160 e. The highest BCUT2D eigenvalue weighted by atomic mass is 35.5. The summed E-state index contributed by atoms with van der Waals surface area (Å²) in [6.07, 6.45) is 1.07. The second-order valence-corrected chi connectivity index (χ2v) is 4.98. The Balaban J connectivity index is 1.70. The molecule has 0 amide bonds. The smallest absolute Gasteiger partial charge is 0.160 e. The molecule has 0 saturated heterocycles. The van der Waals surface area contributed by atoms with Crippen LogP contribution in [0.4, 0.5) is 5.69 Å². The number of halogens is 1. The van der Waals surface area contributed by atoms with Gasteiger partial charge in [0, 0.05) is 5.92 Å². The number of hydrogen-bond acceptors (Lipinski definition) is 2. The first-order chi connectivity index (χ1) is 8.75. The Morgan fingerprint density at radius 1 is 1.17 bits per heavy atom. The fourth-order valence-corrected chi connectivity index (χ4v) is 2.61. The van der Waals surface area contributed by atoms with Crippen molar-refractivity contribution in [3.63, 3.8) is 0 Å². The van der Waals surface area contributed by atoms with Crippen molar-refractivity contribution < 1.29 is 4.74 Å². The fraction of sp³-hybridized carbons (Fsp3) is 0.200. The third-order valence-corrected chi connectivity index (χ3v) is 3.69. The summed E-state index contributed by atoms with van der Waals surface area (Å²) in [6, 6.07) is 13.9. The minimum Gasteiger partial charge on any atom is -0.489 e. The molecule has 2 N–H and O–H groups in total. The van der Waals surface area contributed by atoms with E-state index in [0.717, 1.165) is 6.42 Å². The molecule has 1 atom stereocenters. The Hall–Kier alpha value is -1.67. The lowest BCUT2D eigenvalue weighted by Crippen LogP contribution is -2.23. The molecule has 0 bridgehead atoms. The molecule has 2 aromatic carbocycles. The van der Waals surface area contributed by atoms with Crippen LogP contribution in [-0.2, 0) is 6.42 Å². The lowest BCUT2D eigenvalue weighted by atomic mass is 9.78. The van der Waals surface area contributed by atoms with Gasteiger partial charge in [0.05, 0.1) is 17.3 Å². The number of fused-ring (bicyclic) bond motifs is 1. The standard InChI is InChI=1S/C15H14ClNO/c16-13-6-3-7-14(17)15(13)18-9-11-8-10-4-1-2-5-12(10)11/h1-7,11H,8-9,17H2. The molecule has 0 radical (unpaired) electrons. The molecule has 2 aromatic rings. The van der Waals surface area contributed by atoms with E-state index < -0.39 is 0 Å². The summed E-state index contributed by atoms with van der Waals surface area (Å²) in [5.74, 6) is 1.06. The molecule has 0 saturated carbocycles. The summed E-state index contributed by atoms with van der Waals surface area (Å²) in [4.78, 5) is 0. The largest absolute Gasteiger partial charge is 0.489 e. The third kappa shape index (κ3) is 1.93. The van der Waals surface area contributed by atoms with Crippen LogP contribution in [0.5, 0.6) is 5.75 Å². The maximum atomic E-state index is 6.07. The van der Waals surface area contributed by atoms with Crippen molar-refractivity contribution in [2.24, 2.45) is 0 Å². The number of anilines is 1. The zero-order valence-electron chi connectivity index (χ0n) is 9.90. The molecule has 1 unspecified atom stereocenters. The molecule has 0 fully saturated rings. The molecule has 2 nitrogen and oxygen atoms in total. The Morgan fingerprint density at radius 2 is 2.00 bits per heavy atom. The van der Waals surface area contributed by atoms with Gasteiger partial charge in [-0.1, -0.05) is 41.9 Å². The van der Waals surface area contributed by atoms with Crippen LogP contribution in [0, 0.1) is 0 Å². The lowest BCUT2D eigenvalue weighted by Gasteiger charge is -2.30. The van der Waals surface area contributed by atoms with Gasteiger partial charge >= 0.3 is 0 Å². The van der Waals surface area contributed by atoms with Gasteiger partial charge in [0.15, 0.2) is 5.75 Å². The van der Waals surface area contributed by atoms with E-state index in [2.05, 4.69) is 24.3 Å². The van der Waals surface area contributed by atoms with Crippen LogP contribution < -0.4 is 10.5 Å². The Kier molecular flexibility index (Phi) is 2.88.